The van der Waals surface area contributed by atoms with Gasteiger partial charge < -0.3 is 14.7 Å². The summed E-state index contributed by atoms with van der Waals surface area (Å²) < 4.78 is 1.21. The van der Waals surface area contributed by atoms with Crippen LogP contribution in [-0.4, -0.2) is 83.2 Å². The first-order valence-corrected chi connectivity index (χ1v) is 11.5. The minimum absolute atomic E-state index is 0.111. The van der Waals surface area contributed by atoms with Crippen molar-refractivity contribution in [2.75, 3.05) is 46.3 Å². The van der Waals surface area contributed by atoms with Crippen LogP contribution in [0.1, 0.15) is 29.2 Å². The minimum Gasteiger partial charge on any atom is -0.340 e. The van der Waals surface area contributed by atoms with Crippen LogP contribution in [-0.2, 0) is 9.59 Å². The van der Waals surface area contributed by atoms with Crippen molar-refractivity contribution in [3.63, 3.8) is 0 Å². The van der Waals surface area contributed by atoms with Crippen LogP contribution < -0.4 is 5.56 Å². The van der Waals surface area contributed by atoms with Gasteiger partial charge in [0.1, 0.15) is 0 Å². The van der Waals surface area contributed by atoms with Gasteiger partial charge in [0, 0.05) is 63.0 Å². The molecule has 0 bridgehead atoms. The first-order valence-electron chi connectivity index (χ1n) is 11.5. The quantitative estimate of drug-likeness (QED) is 0.506. The van der Waals surface area contributed by atoms with Gasteiger partial charge in [0.25, 0.3) is 11.5 Å². The average Bonchev–Trinajstić information content (AvgIpc) is 2.86. The number of carbonyl (C=O) groups excluding carboxylic acids is 3. The third-order valence-electron chi connectivity index (χ3n) is 6.64. The molecule has 2 aliphatic heterocycles. The van der Waals surface area contributed by atoms with E-state index < -0.39 is 23.3 Å². The zero-order valence-corrected chi connectivity index (χ0v) is 18.9. The van der Waals surface area contributed by atoms with Gasteiger partial charge in [0.2, 0.25) is 5.91 Å². The van der Waals surface area contributed by atoms with E-state index in [2.05, 4.69) is 11.9 Å². The highest BCUT2D eigenvalue weighted by molar-refractivity contribution is 6.11. The maximum Gasteiger partial charge on any atom is 0.253 e. The smallest absolute Gasteiger partial charge is 0.253 e. The minimum atomic E-state index is -1.26. The van der Waals surface area contributed by atoms with Gasteiger partial charge in [-0.25, -0.2) is 0 Å². The first-order chi connectivity index (χ1) is 16.0. The predicted molar refractivity (Wildman–Crippen MR) is 124 cm³/mol. The van der Waals surface area contributed by atoms with Crippen LogP contribution in [0.2, 0.25) is 0 Å². The van der Waals surface area contributed by atoms with Crippen molar-refractivity contribution < 1.29 is 14.4 Å². The topological polar surface area (TPSA) is 82.9 Å². The fraction of sp³-hybridized carbons (Fsp3) is 0.440. The molecule has 2 amide bonds. The number of likely N-dealkylation sites (tertiary alicyclic amines) is 1. The lowest BCUT2D eigenvalue weighted by molar-refractivity contribution is -0.142. The van der Waals surface area contributed by atoms with Gasteiger partial charge in [-0.2, -0.15) is 0 Å². The number of ketones is 1. The van der Waals surface area contributed by atoms with Gasteiger partial charge in [-0.3, -0.25) is 23.7 Å². The van der Waals surface area contributed by atoms with Crippen molar-refractivity contribution in [1.82, 2.24) is 19.3 Å². The SMILES string of the molecule is CN1CCN(C(=O)C2CCN(C(=O)C(C(=O)c3ccccc3)n3ccccc3=O)CC2)CC1. The van der Waals surface area contributed by atoms with Crippen molar-refractivity contribution in [3.8, 4) is 0 Å². The van der Waals surface area contributed by atoms with E-state index in [0.29, 0.717) is 31.5 Å². The molecule has 0 N–H and O–H groups in total. The maximum atomic E-state index is 13.5. The third kappa shape index (κ3) is 5.06. The second-order valence-electron chi connectivity index (χ2n) is 8.81. The second-order valence-corrected chi connectivity index (χ2v) is 8.81. The Kier molecular flexibility index (Phi) is 7.03. The molecule has 174 valence electrons. The lowest BCUT2D eigenvalue weighted by Crippen LogP contribution is -2.52. The standard InChI is InChI=1S/C25H30N4O4/c1-26-15-17-28(18-16-26)24(32)20-10-13-27(14-11-20)25(33)22(29-12-6-5-9-21(29)30)23(31)19-7-3-2-4-8-19/h2-9,12,20,22H,10-11,13-18H2,1H3. The second kappa shape index (κ2) is 10.1. The fourth-order valence-electron chi connectivity index (χ4n) is 4.58. The maximum absolute atomic E-state index is 13.5. The van der Waals surface area contributed by atoms with Crippen molar-refractivity contribution >= 4 is 17.6 Å². The van der Waals surface area contributed by atoms with E-state index in [1.165, 1.54) is 16.8 Å². The highest BCUT2D eigenvalue weighted by atomic mass is 16.2. The van der Waals surface area contributed by atoms with Gasteiger partial charge in [0.15, 0.2) is 11.8 Å². The molecule has 33 heavy (non-hydrogen) atoms. The molecule has 0 saturated carbocycles. The Balaban J connectivity index is 1.48. The molecule has 1 atom stereocenters. The van der Waals surface area contributed by atoms with Gasteiger partial charge in [-0.15, -0.1) is 0 Å². The summed E-state index contributed by atoms with van der Waals surface area (Å²) in [5, 5.41) is 0. The molecule has 8 heteroatoms. The molecule has 0 radical (unpaired) electrons. The Morgan fingerprint density at radius 1 is 0.818 bits per heavy atom. The number of hydrogen-bond acceptors (Lipinski definition) is 5. The van der Waals surface area contributed by atoms with E-state index in [9.17, 15) is 19.2 Å². The van der Waals surface area contributed by atoms with Gasteiger partial charge in [-0.05, 0) is 26.0 Å². The number of nitrogens with zero attached hydrogens (tertiary/aromatic N) is 4. The van der Waals surface area contributed by atoms with Gasteiger partial charge in [-0.1, -0.05) is 36.4 Å². The normalized spacial score (nSPS) is 18.7. The predicted octanol–water partition coefficient (Wildman–Crippen LogP) is 1.28. The molecule has 2 aromatic rings. The fourth-order valence-corrected chi connectivity index (χ4v) is 4.58. The van der Waals surface area contributed by atoms with E-state index in [1.54, 1.807) is 47.4 Å². The zero-order chi connectivity index (χ0) is 23.4. The Morgan fingerprint density at radius 2 is 1.45 bits per heavy atom. The lowest BCUT2D eigenvalue weighted by atomic mass is 9.93. The number of rotatable bonds is 5. The molecule has 0 aliphatic carbocycles. The molecule has 8 nitrogen and oxygen atoms in total. The molecular weight excluding hydrogens is 420 g/mol. The molecule has 4 rings (SSSR count). The van der Waals surface area contributed by atoms with Crippen LogP contribution in [0.5, 0.6) is 0 Å². The summed E-state index contributed by atoms with van der Waals surface area (Å²) in [5.74, 6) is -0.765. The summed E-state index contributed by atoms with van der Waals surface area (Å²) in [6, 6.07) is 11.9. The summed E-state index contributed by atoms with van der Waals surface area (Å²) in [6.07, 6.45) is 2.61. The molecule has 1 aromatic carbocycles. The van der Waals surface area contributed by atoms with Crippen LogP contribution in [0.3, 0.4) is 0 Å². The number of Topliss-reactive ketones (excluding diaryl/α,β-unsaturated/α-hetero) is 1. The summed E-state index contributed by atoms with van der Waals surface area (Å²) in [4.78, 5) is 58.0. The van der Waals surface area contributed by atoms with Gasteiger partial charge >= 0.3 is 0 Å². The van der Waals surface area contributed by atoms with Crippen LogP contribution in [0.4, 0.5) is 0 Å². The van der Waals surface area contributed by atoms with Crippen LogP contribution in [0, 0.1) is 5.92 Å². The molecule has 2 fully saturated rings. The van der Waals surface area contributed by atoms with E-state index in [-0.39, 0.29) is 11.8 Å². The molecule has 3 heterocycles. The van der Waals surface area contributed by atoms with Crippen LogP contribution >= 0.6 is 0 Å². The average molecular weight is 451 g/mol. The molecule has 2 aliphatic rings. The van der Waals surface area contributed by atoms with Crippen molar-refractivity contribution in [3.05, 3.63) is 70.6 Å². The highest BCUT2D eigenvalue weighted by Crippen LogP contribution is 2.24. The van der Waals surface area contributed by atoms with Crippen molar-refractivity contribution in [2.24, 2.45) is 5.92 Å². The Morgan fingerprint density at radius 3 is 2.09 bits per heavy atom. The molecule has 1 unspecified atom stereocenters. The van der Waals surface area contributed by atoms with Crippen molar-refractivity contribution in [2.45, 2.75) is 18.9 Å². The summed E-state index contributed by atoms with van der Waals surface area (Å²) in [6.45, 7) is 4.00. The van der Waals surface area contributed by atoms with Crippen LogP contribution in [0.15, 0.2) is 59.5 Å². The van der Waals surface area contributed by atoms with Crippen molar-refractivity contribution in [1.29, 1.82) is 0 Å². The molecule has 1 aromatic heterocycles. The molecule has 0 spiro atoms. The molecule has 2 saturated heterocycles. The van der Waals surface area contributed by atoms with E-state index in [1.807, 2.05) is 4.90 Å². The first kappa shape index (κ1) is 22.9. The highest BCUT2D eigenvalue weighted by Gasteiger charge is 2.37. The number of likely N-dealkylation sites (N-methyl/N-ethyl adjacent to an activating group) is 1. The van der Waals surface area contributed by atoms with E-state index in [4.69, 9.17) is 0 Å². The third-order valence-corrected chi connectivity index (χ3v) is 6.64. The van der Waals surface area contributed by atoms with Gasteiger partial charge in [0.05, 0.1) is 0 Å². The molecular formula is C25H30N4O4. The largest absolute Gasteiger partial charge is 0.340 e. The monoisotopic (exact) mass is 450 g/mol. The Hall–Kier alpha value is -3.26. The Bertz CT molecular complexity index is 1050. The summed E-state index contributed by atoms with van der Waals surface area (Å²) in [7, 11) is 2.05. The number of pyridine rings is 1. The number of piperidine rings is 1. The number of benzene rings is 1. The number of hydrogen-bond donors (Lipinski definition) is 0. The van der Waals surface area contributed by atoms with E-state index >= 15 is 0 Å². The van der Waals surface area contributed by atoms with E-state index in [0.717, 1.165) is 26.2 Å². The summed E-state index contributed by atoms with van der Waals surface area (Å²) in [5.41, 5.74) is -0.0213. The zero-order valence-electron chi connectivity index (χ0n) is 18.9. The number of amides is 2. The van der Waals surface area contributed by atoms with Crippen LogP contribution in [0.25, 0.3) is 0 Å². The summed E-state index contributed by atoms with van der Waals surface area (Å²) >= 11 is 0. The lowest BCUT2D eigenvalue weighted by Gasteiger charge is -2.38. The number of aromatic nitrogens is 1. The number of piperazine rings is 1. The Labute approximate surface area is 193 Å². The number of carbonyl (C=O) groups is 3.